The van der Waals surface area contributed by atoms with Gasteiger partial charge in [0, 0.05) is 0 Å². The van der Waals surface area contributed by atoms with Crippen LogP contribution in [0.2, 0.25) is 0 Å². The van der Waals surface area contributed by atoms with Crippen LogP contribution in [0.15, 0.2) is 0 Å². The second kappa shape index (κ2) is 5.69. The number of hydrogen-bond acceptors (Lipinski definition) is 2. The highest BCUT2D eigenvalue weighted by Crippen LogP contribution is 2.14. The van der Waals surface area contributed by atoms with Crippen LogP contribution in [0.4, 0.5) is 0 Å². The van der Waals surface area contributed by atoms with Crippen molar-refractivity contribution in [3.8, 4) is 0 Å². The van der Waals surface area contributed by atoms with Gasteiger partial charge in [0.25, 0.3) is 0 Å². The van der Waals surface area contributed by atoms with Crippen molar-refractivity contribution in [3.63, 3.8) is 0 Å². The van der Waals surface area contributed by atoms with Crippen LogP contribution in [-0.4, -0.2) is 6.17 Å². The van der Waals surface area contributed by atoms with E-state index >= 15 is 0 Å². The standard InChI is InChI=1S/C8H20N2/c1-3-5-7(4-2)6-8(9)10/h7-8H,3-6,9-10H2,1-2H3. The molecule has 0 saturated heterocycles. The first-order valence-electron chi connectivity index (χ1n) is 4.21. The van der Waals surface area contributed by atoms with Crippen LogP contribution in [0.1, 0.15) is 39.5 Å². The molecular formula is C8H20N2. The van der Waals surface area contributed by atoms with Crippen molar-refractivity contribution in [1.82, 2.24) is 0 Å². The molecule has 4 N–H and O–H groups in total. The van der Waals surface area contributed by atoms with Gasteiger partial charge >= 0.3 is 0 Å². The summed E-state index contributed by atoms with van der Waals surface area (Å²) in [5.41, 5.74) is 11.0. The Hall–Kier alpha value is -0.0800. The van der Waals surface area contributed by atoms with E-state index in [2.05, 4.69) is 13.8 Å². The minimum Gasteiger partial charge on any atom is -0.316 e. The lowest BCUT2D eigenvalue weighted by molar-refractivity contribution is 0.396. The number of hydrogen-bond donors (Lipinski definition) is 2. The summed E-state index contributed by atoms with van der Waals surface area (Å²) in [6.45, 7) is 4.40. The minimum atomic E-state index is -0.114. The van der Waals surface area contributed by atoms with Crippen LogP contribution in [0, 0.1) is 5.92 Å². The van der Waals surface area contributed by atoms with Crippen molar-refractivity contribution in [3.05, 3.63) is 0 Å². The molecule has 0 aromatic carbocycles. The lowest BCUT2D eigenvalue weighted by Gasteiger charge is -2.15. The first-order valence-corrected chi connectivity index (χ1v) is 4.21. The Kier molecular flexibility index (Phi) is 5.64. The Balaban J connectivity index is 3.39. The van der Waals surface area contributed by atoms with Gasteiger partial charge in [-0.2, -0.15) is 0 Å². The fourth-order valence-corrected chi connectivity index (χ4v) is 1.28. The summed E-state index contributed by atoms with van der Waals surface area (Å²) < 4.78 is 0. The predicted octanol–water partition coefficient (Wildman–Crippen LogP) is 1.45. The molecule has 0 amide bonds. The Bertz CT molecular complexity index is 71.7. The fourth-order valence-electron chi connectivity index (χ4n) is 1.28. The van der Waals surface area contributed by atoms with Crippen molar-refractivity contribution in [1.29, 1.82) is 0 Å². The maximum atomic E-state index is 5.48. The molecule has 0 saturated carbocycles. The van der Waals surface area contributed by atoms with E-state index < -0.39 is 0 Å². The van der Waals surface area contributed by atoms with E-state index in [1.165, 1.54) is 19.3 Å². The summed E-state index contributed by atoms with van der Waals surface area (Å²) in [7, 11) is 0. The molecule has 0 rings (SSSR count). The Labute approximate surface area is 64.0 Å². The zero-order valence-corrected chi connectivity index (χ0v) is 7.14. The van der Waals surface area contributed by atoms with Crippen molar-refractivity contribution in [2.75, 3.05) is 0 Å². The third-order valence-corrected chi connectivity index (χ3v) is 1.88. The van der Waals surface area contributed by atoms with Crippen LogP contribution in [-0.2, 0) is 0 Å². The molecule has 0 aromatic rings. The Morgan fingerprint density at radius 2 is 1.80 bits per heavy atom. The minimum absolute atomic E-state index is 0.114. The van der Waals surface area contributed by atoms with Gasteiger partial charge in [-0.05, 0) is 12.3 Å². The topological polar surface area (TPSA) is 52.0 Å². The molecule has 2 nitrogen and oxygen atoms in total. The normalized spacial score (nSPS) is 14.1. The molecule has 62 valence electrons. The van der Waals surface area contributed by atoms with E-state index in [0.29, 0.717) is 0 Å². The second-order valence-electron chi connectivity index (χ2n) is 2.96. The second-order valence-corrected chi connectivity index (χ2v) is 2.96. The smallest absolute Gasteiger partial charge is 0.0523 e. The van der Waals surface area contributed by atoms with Crippen LogP contribution in [0.25, 0.3) is 0 Å². The van der Waals surface area contributed by atoms with Crippen LogP contribution in [0.5, 0.6) is 0 Å². The summed E-state index contributed by atoms with van der Waals surface area (Å²) in [4.78, 5) is 0. The molecule has 1 atom stereocenters. The van der Waals surface area contributed by atoms with E-state index in [0.717, 1.165) is 12.3 Å². The highest BCUT2D eigenvalue weighted by Gasteiger charge is 2.06. The molecule has 0 radical (unpaired) electrons. The fraction of sp³-hybridized carbons (Fsp3) is 1.00. The molecule has 1 unspecified atom stereocenters. The highest BCUT2D eigenvalue weighted by molar-refractivity contribution is 4.61. The number of rotatable bonds is 5. The highest BCUT2D eigenvalue weighted by atomic mass is 14.8. The van der Waals surface area contributed by atoms with Gasteiger partial charge in [-0.15, -0.1) is 0 Å². The molecular weight excluding hydrogens is 124 g/mol. The molecule has 0 aromatic heterocycles. The van der Waals surface area contributed by atoms with E-state index in [4.69, 9.17) is 11.5 Å². The average Bonchev–Trinajstić information content (AvgIpc) is 1.86. The van der Waals surface area contributed by atoms with Gasteiger partial charge in [0.2, 0.25) is 0 Å². The first-order chi connectivity index (χ1) is 4.70. The molecule has 0 fully saturated rings. The third-order valence-electron chi connectivity index (χ3n) is 1.88. The van der Waals surface area contributed by atoms with Crippen molar-refractivity contribution in [2.45, 2.75) is 45.7 Å². The summed E-state index contributed by atoms with van der Waals surface area (Å²) in [6, 6.07) is 0. The van der Waals surface area contributed by atoms with Gasteiger partial charge in [0.05, 0.1) is 6.17 Å². The molecule has 0 aliphatic carbocycles. The quantitative estimate of drug-likeness (QED) is 0.574. The summed E-state index contributed by atoms with van der Waals surface area (Å²) >= 11 is 0. The zero-order valence-electron chi connectivity index (χ0n) is 7.14. The zero-order chi connectivity index (χ0) is 7.98. The summed E-state index contributed by atoms with van der Waals surface area (Å²) in [6.07, 6.45) is 4.58. The van der Waals surface area contributed by atoms with Crippen LogP contribution >= 0.6 is 0 Å². The largest absolute Gasteiger partial charge is 0.316 e. The monoisotopic (exact) mass is 144 g/mol. The molecule has 0 aliphatic rings. The lowest BCUT2D eigenvalue weighted by atomic mass is 9.96. The average molecular weight is 144 g/mol. The van der Waals surface area contributed by atoms with Gasteiger partial charge in [0.15, 0.2) is 0 Å². The van der Waals surface area contributed by atoms with Gasteiger partial charge < -0.3 is 11.5 Å². The van der Waals surface area contributed by atoms with E-state index in [1.54, 1.807) is 0 Å². The first kappa shape index (κ1) is 9.92. The van der Waals surface area contributed by atoms with Gasteiger partial charge in [-0.3, -0.25) is 0 Å². The predicted molar refractivity (Wildman–Crippen MR) is 45.5 cm³/mol. The molecule has 0 bridgehead atoms. The van der Waals surface area contributed by atoms with E-state index in [1.807, 2.05) is 0 Å². The van der Waals surface area contributed by atoms with Crippen LogP contribution in [0.3, 0.4) is 0 Å². The van der Waals surface area contributed by atoms with E-state index in [-0.39, 0.29) is 6.17 Å². The van der Waals surface area contributed by atoms with Crippen molar-refractivity contribution < 1.29 is 0 Å². The molecule has 0 heterocycles. The molecule has 10 heavy (non-hydrogen) atoms. The third kappa shape index (κ3) is 4.77. The van der Waals surface area contributed by atoms with Gasteiger partial charge in [-0.1, -0.05) is 33.1 Å². The van der Waals surface area contributed by atoms with Crippen LogP contribution < -0.4 is 11.5 Å². The van der Waals surface area contributed by atoms with E-state index in [9.17, 15) is 0 Å². The summed E-state index contributed by atoms with van der Waals surface area (Å²) in [5, 5.41) is 0. The SMILES string of the molecule is CCCC(CC)CC(N)N. The maximum Gasteiger partial charge on any atom is 0.0523 e. The Morgan fingerprint density at radius 3 is 2.10 bits per heavy atom. The van der Waals surface area contributed by atoms with Gasteiger partial charge in [-0.25, -0.2) is 0 Å². The molecule has 0 aliphatic heterocycles. The summed E-state index contributed by atoms with van der Waals surface area (Å²) in [5.74, 6) is 0.741. The van der Waals surface area contributed by atoms with Gasteiger partial charge in [0.1, 0.15) is 0 Å². The number of nitrogens with two attached hydrogens (primary N) is 2. The lowest BCUT2D eigenvalue weighted by Crippen LogP contribution is -2.32. The van der Waals surface area contributed by atoms with Crippen molar-refractivity contribution >= 4 is 0 Å². The maximum absolute atomic E-state index is 5.48. The molecule has 0 spiro atoms. The molecule has 2 heteroatoms. The van der Waals surface area contributed by atoms with Crippen molar-refractivity contribution in [2.24, 2.45) is 17.4 Å². The Morgan fingerprint density at radius 1 is 1.20 bits per heavy atom.